The van der Waals surface area contributed by atoms with E-state index in [1.54, 1.807) is 0 Å². The molecule has 100 valence electrons. The standard InChI is InChI=1S/C7H5N5O5S2/c13-6-2-1-4(3-5(6)12(14)15)19(16,17)9-7-8-10-11-18-7/h1-3,13H,(H,8,9,11). The third-order valence-electron chi connectivity index (χ3n) is 1.97. The van der Waals surface area contributed by atoms with Crippen LogP contribution in [-0.2, 0) is 10.0 Å². The van der Waals surface area contributed by atoms with Gasteiger partial charge in [-0.25, -0.2) is 8.42 Å². The lowest BCUT2D eigenvalue weighted by Gasteiger charge is -2.04. The number of nitrogens with zero attached hydrogens (tertiary/aromatic N) is 4. The van der Waals surface area contributed by atoms with E-state index in [9.17, 15) is 23.6 Å². The first-order valence-corrected chi connectivity index (χ1v) is 6.81. The molecule has 0 fully saturated rings. The molecule has 12 heteroatoms. The van der Waals surface area contributed by atoms with Gasteiger partial charge in [0.2, 0.25) is 5.13 Å². The van der Waals surface area contributed by atoms with Crippen LogP contribution in [0.1, 0.15) is 0 Å². The molecule has 0 aliphatic heterocycles. The number of hydrogen-bond donors (Lipinski definition) is 2. The van der Waals surface area contributed by atoms with Gasteiger partial charge in [-0.15, -0.1) is 0 Å². The van der Waals surface area contributed by atoms with Crippen molar-refractivity contribution in [2.45, 2.75) is 4.90 Å². The highest BCUT2D eigenvalue weighted by molar-refractivity contribution is 7.93. The zero-order chi connectivity index (χ0) is 14.0. The highest BCUT2D eigenvalue weighted by Gasteiger charge is 2.22. The Balaban J connectivity index is 2.41. The van der Waals surface area contributed by atoms with E-state index in [2.05, 4.69) is 19.5 Å². The fourth-order valence-electron chi connectivity index (χ4n) is 1.16. The van der Waals surface area contributed by atoms with Crippen molar-refractivity contribution >= 4 is 32.4 Å². The Morgan fingerprint density at radius 1 is 1.42 bits per heavy atom. The molecule has 19 heavy (non-hydrogen) atoms. The Bertz CT molecular complexity index is 713. The molecule has 2 N–H and O–H groups in total. The van der Waals surface area contributed by atoms with Crippen LogP contribution in [0, 0.1) is 10.1 Å². The number of nitro benzene ring substituents is 1. The van der Waals surface area contributed by atoms with E-state index in [1.165, 1.54) is 0 Å². The normalized spacial score (nSPS) is 11.2. The fourth-order valence-corrected chi connectivity index (χ4v) is 2.77. The molecular weight excluding hydrogens is 298 g/mol. The fraction of sp³-hybridized carbons (Fsp3) is 0. The summed E-state index contributed by atoms with van der Waals surface area (Å²) < 4.78 is 29.2. The minimum atomic E-state index is -4.05. The van der Waals surface area contributed by atoms with Gasteiger partial charge in [0.25, 0.3) is 10.0 Å². The minimum absolute atomic E-state index is 0.0734. The number of phenols is 1. The first-order valence-electron chi connectivity index (χ1n) is 4.55. The summed E-state index contributed by atoms with van der Waals surface area (Å²) in [5.74, 6) is -0.624. The summed E-state index contributed by atoms with van der Waals surface area (Å²) in [4.78, 5) is 9.35. The molecule has 0 spiro atoms. The zero-order valence-corrected chi connectivity index (χ0v) is 10.6. The summed E-state index contributed by atoms with van der Waals surface area (Å²) in [6.45, 7) is 0. The van der Waals surface area contributed by atoms with Gasteiger partial charge in [0, 0.05) is 17.6 Å². The van der Waals surface area contributed by atoms with E-state index >= 15 is 0 Å². The summed E-state index contributed by atoms with van der Waals surface area (Å²) in [7, 11) is -4.05. The van der Waals surface area contributed by atoms with Crippen LogP contribution >= 0.6 is 11.5 Å². The second kappa shape index (κ2) is 4.74. The molecule has 0 saturated carbocycles. The maximum Gasteiger partial charge on any atom is 0.312 e. The SMILES string of the molecule is O=[N+]([O-])c1cc(S(=O)(=O)Nc2nnns2)ccc1O. The molecule has 0 saturated heterocycles. The molecule has 0 aliphatic carbocycles. The lowest BCUT2D eigenvalue weighted by Crippen LogP contribution is -2.13. The Kier molecular flexibility index (Phi) is 3.26. The van der Waals surface area contributed by atoms with Crippen LogP contribution in [0.4, 0.5) is 10.8 Å². The van der Waals surface area contributed by atoms with Crippen molar-refractivity contribution in [3.8, 4) is 5.75 Å². The summed E-state index contributed by atoms with van der Waals surface area (Å²) >= 11 is 0.712. The van der Waals surface area contributed by atoms with Gasteiger partial charge in [-0.1, -0.05) is 9.59 Å². The molecule has 2 rings (SSSR count). The maximum absolute atomic E-state index is 11.9. The Morgan fingerprint density at radius 2 is 2.16 bits per heavy atom. The molecule has 1 aromatic carbocycles. The molecule has 10 nitrogen and oxygen atoms in total. The van der Waals surface area contributed by atoms with Crippen molar-refractivity contribution in [3.05, 3.63) is 28.3 Å². The van der Waals surface area contributed by atoms with Crippen LogP contribution in [0.2, 0.25) is 0 Å². The molecule has 0 bridgehead atoms. The van der Waals surface area contributed by atoms with Gasteiger partial charge in [-0.3, -0.25) is 14.8 Å². The van der Waals surface area contributed by atoms with Crippen molar-refractivity contribution < 1.29 is 18.4 Å². The predicted molar refractivity (Wildman–Crippen MR) is 63.3 cm³/mol. The van der Waals surface area contributed by atoms with Crippen LogP contribution in [0.3, 0.4) is 0 Å². The first-order chi connectivity index (χ1) is 8.90. The van der Waals surface area contributed by atoms with Crippen LogP contribution in [0.15, 0.2) is 23.1 Å². The number of aromatic hydroxyl groups is 1. The average molecular weight is 303 g/mol. The Hall–Kier alpha value is -2.34. The average Bonchev–Trinajstić information content (AvgIpc) is 2.80. The van der Waals surface area contributed by atoms with E-state index in [4.69, 9.17) is 0 Å². The summed E-state index contributed by atoms with van der Waals surface area (Å²) in [5, 5.41) is 26.4. The molecule has 0 unspecified atom stereocenters. The third kappa shape index (κ3) is 2.74. The Morgan fingerprint density at radius 3 is 2.74 bits per heavy atom. The molecule has 2 aromatic rings. The molecule has 0 amide bonds. The van der Waals surface area contributed by atoms with Crippen molar-refractivity contribution in [2.75, 3.05) is 4.72 Å². The maximum atomic E-state index is 11.9. The van der Waals surface area contributed by atoms with E-state index < -0.39 is 26.4 Å². The second-order valence-corrected chi connectivity index (χ2v) is 5.60. The quantitative estimate of drug-likeness (QED) is 0.607. The molecule has 0 atom stereocenters. The molecule has 1 heterocycles. The Labute approximate surface area is 110 Å². The van der Waals surface area contributed by atoms with E-state index in [0.717, 1.165) is 18.2 Å². The highest BCUT2D eigenvalue weighted by Crippen LogP contribution is 2.28. The highest BCUT2D eigenvalue weighted by atomic mass is 32.2. The number of aromatic nitrogens is 3. The van der Waals surface area contributed by atoms with Crippen LogP contribution in [0.25, 0.3) is 0 Å². The summed E-state index contributed by atoms with van der Waals surface area (Å²) in [5.41, 5.74) is -0.710. The minimum Gasteiger partial charge on any atom is -0.502 e. The number of anilines is 1. The monoisotopic (exact) mass is 303 g/mol. The van der Waals surface area contributed by atoms with E-state index in [-0.39, 0.29) is 10.0 Å². The zero-order valence-electron chi connectivity index (χ0n) is 8.92. The van der Waals surface area contributed by atoms with Crippen LogP contribution in [0.5, 0.6) is 5.75 Å². The van der Waals surface area contributed by atoms with Crippen LogP contribution < -0.4 is 4.72 Å². The number of nitrogens with one attached hydrogen (secondary N) is 1. The van der Waals surface area contributed by atoms with Crippen molar-refractivity contribution in [1.82, 2.24) is 14.8 Å². The van der Waals surface area contributed by atoms with Crippen molar-refractivity contribution in [1.29, 1.82) is 0 Å². The molecular formula is C7H5N5O5S2. The van der Waals surface area contributed by atoms with Gasteiger partial charge < -0.3 is 5.11 Å². The number of rotatable bonds is 4. The summed E-state index contributed by atoms with van der Waals surface area (Å²) in [6.07, 6.45) is 0. The van der Waals surface area contributed by atoms with Gasteiger partial charge in [-0.2, -0.15) is 0 Å². The van der Waals surface area contributed by atoms with Crippen molar-refractivity contribution in [2.24, 2.45) is 0 Å². The van der Waals surface area contributed by atoms with Crippen molar-refractivity contribution in [3.63, 3.8) is 0 Å². The lowest BCUT2D eigenvalue weighted by molar-refractivity contribution is -0.386. The number of sulfonamides is 1. The summed E-state index contributed by atoms with van der Waals surface area (Å²) in [6, 6.07) is 2.69. The van der Waals surface area contributed by atoms with Gasteiger partial charge in [-0.05, 0) is 17.3 Å². The number of hydrogen-bond acceptors (Lipinski definition) is 9. The number of phenolic OH excluding ortho intramolecular Hbond substituents is 1. The van der Waals surface area contributed by atoms with Gasteiger partial charge in [0.1, 0.15) is 0 Å². The van der Waals surface area contributed by atoms with Crippen LogP contribution in [-0.4, -0.2) is 33.2 Å². The predicted octanol–water partition coefficient (Wildman–Crippen LogP) is 0.348. The third-order valence-corrected chi connectivity index (χ3v) is 3.95. The molecule has 0 radical (unpaired) electrons. The molecule has 1 aromatic heterocycles. The van der Waals surface area contributed by atoms with Gasteiger partial charge in [0.15, 0.2) is 5.75 Å². The van der Waals surface area contributed by atoms with Gasteiger partial charge in [0.05, 0.1) is 9.82 Å². The molecule has 0 aliphatic rings. The van der Waals surface area contributed by atoms with E-state index in [0.29, 0.717) is 11.5 Å². The second-order valence-electron chi connectivity index (χ2n) is 3.18. The van der Waals surface area contributed by atoms with E-state index in [1.807, 2.05) is 0 Å². The number of nitro groups is 1. The van der Waals surface area contributed by atoms with Gasteiger partial charge >= 0.3 is 5.69 Å². The number of benzene rings is 1. The smallest absolute Gasteiger partial charge is 0.312 e. The first kappa shape index (κ1) is 13.1. The topological polar surface area (TPSA) is 148 Å². The largest absolute Gasteiger partial charge is 0.502 e. The lowest BCUT2D eigenvalue weighted by atomic mass is 10.3.